The summed E-state index contributed by atoms with van der Waals surface area (Å²) in [5.74, 6) is -1.60. The number of hydrogen-bond acceptors (Lipinski definition) is 4. The summed E-state index contributed by atoms with van der Waals surface area (Å²) in [5.41, 5.74) is 4.45. The van der Waals surface area contributed by atoms with Crippen molar-refractivity contribution in [2.75, 3.05) is 26.7 Å². The van der Waals surface area contributed by atoms with E-state index < -0.39 is 24.5 Å². The summed E-state index contributed by atoms with van der Waals surface area (Å²) in [6.45, 7) is 0.725. The number of nitrogens with zero attached hydrogens (tertiary/aromatic N) is 2. The number of likely N-dealkylation sites (N-methyl/N-ethyl adjacent to an activating group) is 1. The number of ether oxygens (including phenoxy) is 1. The van der Waals surface area contributed by atoms with Crippen LogP contribution in [0.25, 0.3) is 11.1 Å². The minimum atomic E-state index is -1.13. The van der Waals surface area contributed by atoms with Crippen molar-refractivity contribution in [2.24, 2.45) is 0 Å². The van der Waals surface area contributed by atoms with Crippen molar-refractivity contribution < 1.29 is 24.2 Å². The number of rotatable bonds is 4. The Labute approximate surface area is 168 Å². The van der Waals surface area contributed by atoms with Crippen molar-refractivity contribution in [2.45, 2.75) is 18.4 Å². The SMILES string of the molecule is CN1CCN(C(=O)OCC2c3ccccc3-c3ccccc32)C(CC(=O)O)C1=O. The van der Waals surface area contributed by atoms with Gasteiger partial charge in [0.1, 0.15) is 12.6 Å². The molecule has 29 heavy (non-hydrogen) atoms. The van der Waals surface area contributed by atoms with Crippen LogP contribution in [0.3, 0.4) is 0 Å². The molecule has 1 heterocycles. The number of fused-ring (bicyclic) bond motifs is 3. The number of piperazine rings is 1. The van der Waals surface area contributed by atoms with E-state index in [0.29, 0.717) is 6.54 Å². The van der Waals surface area contributed by atoms with Crippen LogP contribution < -0.4 is 0 Å². The second-order valence-corrected chi connectivity index (χ2v) is 7.37. The standard InChI is InChI=1S/C22H22N2O5/c1-23-10-11-24(19(21(23)27)12-20(25)26)22(28)29-13-18-16-8-4-2-6-14(16)15-7-3-5-9-17(15)18/h2-9,18-19H,10-13H2,1H3,(H,25,26). The summed E-state index contributed by atoms with van der Waals surface area (Å²) >= 11 is 0. The Balaban J connectivity index is 1.52. The van der Waals surface area contributed by atoms with Crippen LogP contribution in [0, 0.1) is 0 Å². The summed E-state index contributed by atoms with van der Waals surface area (Å²) in [5, 5.41) is 9.14. The molecule has 1 saturated heterocycles. The Morgan fingerprint density at radius 1 is 1.03 bits per heavy atom. The second kappa shape index (κ2) is 7.58. The maximum atomic E-state index is 12.8. The molecule has 1 aliphatic heterocycles. The lowest BCUT2D eigenvalue weighted by molar-refractivity contribution is -0.147. The molecule has 0 aromatic heterocycles. The molecule has 2 aromatic rings. The van der Waals surface area contributed by atoms with Crippen LogP contribution in [0.2, 0.25) is 0 Å². The van der Waals surface area contributed by atoms with Gasteiger partial charge in [-0.15, -0.1) is 0 Å². The summed E-state index contributed by atoms with van der Waals surface area (Å²) in [4.78, 5) is 39.0. The van der Waals surface area contributed by atoms with Gasteiger partial charge in [0.2, 0.25) is 5.91 Å². The number of carbonyl (C=O) groups excluding carboxylic acids is 2. The molecule has 1 unspecified atom stereocenters. The van der Waals surface area contributed by atoms with E-state index in [1.54, 1.807) is 7.05 Å². The third kappa shape index (κ3) is 3.44. The maximum absolute atomic E-state index is 12.8. The molecular weight excluding hydrogens is 372 g/mol. The molecule has 2 aliphatic rings. The zero-order chi connectivity index (χ0) is 20.5. The number of benzene rings is 2. The van der Waals surface area contributed by atoms with E-state index in [1.165, 1.54) is 9.80 Å². The molecule has 7 heteroatoms. The summed E-state index contributed by atoms with van der Waals surface area (Å²) < 4.78 is 5.60. The first-order chi connectivity index (χ1) is 14.0. The zero-order valence-electron chi connectivity index (χ0n) is 16.1. The largest absolute Gasteiger partial charge is 0.481 e. The van der Waals surface area contributed by atoms with Gasteiger partial charge in [0, 0.05) is 26.1 Å². The number of aliphatic carboxylic acids is 1. The first-order valence-corrected chi connectivity index (χ1v) is 9.55. The lowest BCUT2D eigenvalue weighted by atomic mass is 9.98. The van der Waals surface area contributed by atoms with E-state index in [1.807, 2.05) is 36.4 Å². The highest BCUT2D eigenvalue weighted by molar-refractivity contribution is 5.90. The molecule has 1 fully saturated rings. The fourth-order valence-electron chi connectivity index (χ4n) is 4.17. The van der Waals surface area contributed by atoms with E-state index in [4.69, 9.17) is 9.84 Å². The monoisotopic (exact) mass is 394 g/mol. The van der Waals surface area contributed by atoms with Gasteiger partial charge in [-0.25, -0.2) is 4.79 Å². The van der Waals surface area contributed by atoms with Crippen LogP contribution in [-0.2, 0) is 14.3 Å². The molecule has 150 valence electrons. The molecule has 0 spiro atoms. The van der Waals surface area contributed by atoms with Crippen LogP contribution in [0.15, 0.2) is 48.5 Å². The molecule has 0 radical (unpaired) electrons. The van der Waals surface area contributed by atoms with Crippen molar-refractivity contribution in [3.8, 4) is 11.1 Å². The number of amides is 2. The van der Waals surface area contributed by atoms with Gasteiger partial charge in [-0.05, 0) is 22.3 Å². The third-order valence-electron chi connectivity index (χ3n) is 5.65. The van der Waals surface area contributed by atoms with Crippen molar-refractivity contribution in [3.63, 3.8) is 0 Å². The fourth-order valence-corrected chi connectivity index (χ4v) is 4.17. The van der Waals surface area contributed by atoms with E-state index in [9.17, 15) is 14.4 Å². The fraction of sp³-hybridized carbons (Fsp3) is 0.318. The van der Waals surface area contributed by atoms with Gasteiger partial charge in [-0.2, -0.15) is 0 Å². The van der Waals surface area contributed by atoms with Crippen LogP contribution in [0.5, 0.6) is 0 Å². The second-order valence-electron chi connectivity index (χ2n) is 7.37. The van der Waals surface area contributed by atoms with Crippen molar-refractivity contribution in [1.29, 1.82) is 0 Å². The molecule has 1 N–H and O–H groups in total. The zero-order valence-corrected chi connectivity index (χ0v) is 16.1. The molecule has 1 aliphatic carbocycles. The summed E-state index contributed by atoms with van der Waals surface area (Å²) in [6.07, 6.45) is -1.09. The van der Waals surface area contributed by atoms with Gasteiger partial charge in [0.05, 0.1) is 6.42 Å². The molecule has 2 aromatic carbocycles. The highest BCUT2D eigenvalue weighted by atomic mass is 16.6. The molecule has 4 rings (SSSR count). The van der Waals surface area contributed by atoms with Crippen molar-refractivity contribution in [1.82, 2.24) is 9.80 Å². The molecule has 2 amide bonds. The van der Waals surface area contributed by atoms with Gasteiger partial charge in [-0.3, -0.25) is 14.5 Å². The molecule has 7 nitrogen and oxygen atoms in total. The average molecular weight is 394 g/mol. The number of carboxylic acid groups (broad SMARTS) is 1. The van der Waals surface area contributed by atoms with Gasteiger partial charge in [0.15, 0.2) is 0 Å². The van der Waals surface area contributed by atoms with Gasteiger partial charge >= 0.3 is 12.1 Å². The first kappa shape index (κ1) is 19.0. The highest BCUT2D eigenvalue weighted by Gasteiger charge is 2.39. The normalized spacial score (nSPS) is 18.4. The number of carboxylic acids is 1. The molecule has 0 saturated carbocycles. The topological polar surface area (TPSA) is 87.2 Å². The van der Waals surface area contributed by atoms with E-state index >= 15 is 0 Å². The molecule has 0 bridgehead atoms. The maximum Gasteiger partial charge on any atom is 0.410 e. The smallest absolute Gasteiger partial charge is 0.410 e. The number of hydrogen-bond donors (Lipinski definition) is 1. The minimum Gasteiger partial charge on any atom is -0.481 e. The Morgan fingerprint density at radius 2 is 1.62 bits per heavy atom. The Morgan fingerprint density at radius 3 is 2.21 bits per heavy atom. The summed E-state index contributed by atoms with van der Waals surface area (Å²) in [6, 6.07) is 15.0. The predicted molar refractivity (Wildman–Crippen MR) is 105 cm³/mol. The number of carbonyl (C=O) groups is 3. The highest BCUT2D eigenvalue weighted by Crippen LogP contribution is 2.44. The lowest BCUT2D eigenvalue weighted by Crippen LogP contribution is -2.58. The molecular formula is C22H22N2O5. The van der Waals surface area contributed by atoms with Gasteiger partial charge in [0.25, 0.3) is 0 Å². The first-order valence-electron chi connectivity index (χ1n) is 9.55. The average Bonchev–Trinajstić information content (AvgIpc) is 3.03. The van der Waals surface area contributed by atoms with Gasteiger partial charge in [-0.1, -0.05) is 48.5 Å². The van der Waals surface area contributed by atoms with E-state index in [2.05, 4.69) is 12.1 Å². The summed E-state index contributed by atoms with van der Waals surface area (Å²) in [7, 11) is 1.60. The lowest BCUT2D eigenvalue weighted by Gasteiger charge is -2.37. The molecule has 1 atom stereocenters. The quantitative estimate of drug-likeness (QED) is 0.861. The minimum absolute atomic E-state index is 0.0903. The van der Waals surface area contributed by atoms with Crippen LogP contribution in [-0.4, -0.2) is 65.7 Å². The Hall–Kier alpha value is -3.35. The Bertz CT molecular complexity index is 928. The van der Waals surface area contributed by atoms with Gasteiger partial charge < -0.3 is 14.7 Å². The van der Waals surface area contributed by atoms with E-state index in [0.717, 1.165) is 22.3 Å². The van der Waals surface area contributed by atoms with Crippen LogP contribution in [0.4, 0.5) is 4.79 Å². The van der Waals surface area contributed by atoms with Crippen molar-refractivity contribution >= 4 is 18.0 Å². The Kier molecular flexibility index (Phi) is 4.96. The van der Waals surface area contributed by atoms with Crippen LogP contribution in [0.1, 0.15) is 23.5 Å². The predicted octanol–water partition coefficient (Wildman–Crippen LogP) is 2.55. The third-order valence-corrected chi connectivity index (χ3v) is 5.65. The van der Waals surface area contributed by atoms with Crippen molar-refractivity contribution in [3.05, 3.63) is 59.7 Å². The van der Waals surface area contributed by atoms with E-state index in [-0.39, 0.29) is 25.0 Å². The van der Waals surface area contributed by atoms with Crippen LogP contribution >= 0.6 is 0 Å².